The smallest absolute Gasteiger partial charge is 0.244 e. The van der Waals surface area contributed by atoms with Crippen molar-refractivity contribution in [3.05, 3.63) is 54.3 Å². The first kappa shape index (κ1) is 20.9. The van der Waals surface area contributed by atoms with E-state index in [-0.39, 0.29) is 24.4 Å². The lowest BCUT2D eigenvalue weighted by atomic mass is 9.98. The Bertz CT molecular complexity index is 1070. The predicted molar refractivity (Wildman–Crippen MR) is 119 cm³/mol. The number of para-hydroxylation sites is 2. The van der Waals surface area contributed by atoms with Gasteiger partial charge in [-0.25, -0.2) is 9.07 Å². The number of likely N-dealkylation sites (tertiary alicyclic amines) is 2. The van der Waals surface area contributed by atoms with Crippen molar-refractivity contribution >= 4 is 16.9 Å². The largest absolute Gasteiger partial charge is 0.487 e. The lowest BCUT2D eigenvalue weighted by molar-refractivity contribution is -0.133. The van der Waals surface area contributed by atoms with Crippen LogP contribution in [0, 0.1) is 5.82 Å². The number of halogens is 1. The topological polar surface area (TPSA) is 63.5 Å². The van der Waals surface area contributed by atoms with Crippen LogP contribution in [0.3, 0.4) is 0 Å². The van der Waals surface area contributed by atoms with Crippen molar-refractivity contribution < 1.29 is 13.9 Å². The van der Waals surface area contributed by atoms with Crippen LogP contribution in [-0.2, 0) is 11.3 Å². The Morgan fingerprint density at radius 2 is 1.69 bits per heavy atom. The highest BCUT2D eigenvalue weighted by Crippen LogP contribution is 2.25. The van der Waals surface area contributed by atoms with Gasteiger partial charge in [0.05, 0.1) is 5.52 Å². The molecule has 0 atom stereocenters. The summed E-state index contributed by atoms with van der Waals surface area (Å²) in [5.74, 6) is 0.139. The summed E-state index contributed by atoms with van der Waals surface area (Å²) in [4.78, 5) is 17.3. The lowest BCUT2D eigenvalue weighted by Crippen LogP contribution is -2.50. The molecule has 5 rings (SSSR count). The molecule has 0 bridgehead atoms. The van der Waals surface area contributed by atoms with Gasteiger partial charge in [-0.3, -0.25) is 9.69 Å². The second kappa shape index (κ2) is 9.24. The molecular weight excluding hydrogens is 409 g/mol. The standard InChI is InChI=1S/C24H28FN5O2/c25-20-5-1-4-8-23(20)32-19-11-15-28(16-12-19)18-9-13-29(14-10-18)24(31)17-30-22-7-3-2-6-21(22)26-27-30/h1-8,18-19H,9-17H2. The van der Waals surface area contributed by atoms with E-state index in [1.807, 2.05) is 29.2 Å². The van der Waals surface area contributed by atoms with E-state index in [0.717, 1.165) is 62.9 Å². The molecule has 7 nitrogen and oxygen atoms in total. The third-order valence-corrected chi connectivity index (χ3v) is 6.65. The number of piperidine rings is 2. The monoisotopic (exact) mass is 437 g/mol. The molecule has 0 N–H and O–H groups in total. The first-order valence-electron chi connectivity index (χ1n) is 11.4. The average molecular weight is 438 g/mol. The molecule has 0 unspecified atom stereocenters. The minimum atomic E-state index is -0.300. The van der Waals surface area contributed by atoms with Crippen LogP contribution in [0.4, 0.5) is 4.39 Å². The highest BCUT2D eigenvalue weighted by atomic mass is 19.1. The molecule has 1 amide bonds. The quantitative estimate of drug-likeness (QED) is 0.614. The zero-order valence-electron chi connectivity index (χ0n) is 18.1. The maximum absolute atomic E-state index is 13.8. The van der Waals surface area contributed by atoms with E-state index in [2.05, 4.69) is 15.2 Å². The van der Waals surface area contributed by atoms with Gasteiger partial charge in [0, 0.05) is 32.2 Å². The minimum absolute atomic E-state index is 0.0577. The second-order valence-electron chi connectivity index (χ2n) is 8.63. The Morgan fingerprint density at radius 3 is 2.47 bits per heavy atom. The summed E-state index contributed by atoms with van der Waals surface area (Å²) in [7, 11) is 0. The van der Waals surface area contributed by atoms with Gasteiger partial charge in [0.1, 0.15) is 18.2 Å². The van der Waals surface area contributed by atoms with Crippen LogP contribution < -0.4 is 4.74 Å². The highest BCUT2D eigenvalue weighted by molar-refractivity contribution is 5.79. The molecule has 2 saturated heterocycles. The van der Waals surface area contributed by atoms with E-state index < -0.39 is 0 Å². The van der Waals surface area contributed by atoms with Crippen LogP contribution in [0.5, 0.6) is 5.75 Å². The summed E-state index contributed by atoms with van der Waals surface area (Å²) in [6, 6.07) is 14.8. The molecule has 32 heavy (non-hydrogen) atoms. The van der Waals surface area contributed by atoms with Crippen LogP contribution in [0.2, 0.25) is 0 Å². The number of amides is 1. The van der Waals surface area contributed by atoms with Crippen molar-refractivity contribution in [3.63, 3.8) is 0 Å². The molecular formula is C24H28FN5O2. The van der Waals surface area contributed by atoms with Gasteiger partial charge in [-0.1, -0.05) is 29.5 Å². The maximum Gasteiger partial charge on any atom is 0.244 e. The highest BCUT2D eigenvalue weighted by Gasteiger charge is 2.30. The molecule has 168 valence electrons. The molecule has 3 heterocycles. The van der Waals surface area contributed by atoms with Crippen molar-refractivity contribution in [2.75, 3.05) is 26.2 Å². The van der Waals surface area contributed by atoms with Gasteiger partial charge in [-0.15, -0.1) is 5.10 Å². The number of carbonyl (C=O) groups excluding carboxylic acids is 1. The first-order chi connectivity index (χ1) is 15.7. The van der Waals surface area contributed by atoms with E-state index in [1.54, 1.807) is 22.9 Å². The maximum atomic E-state index is 13.8. The fourth-order valence-electron chi connectivity index (χ4n) is 4.82. The predicted octanol–water partition coefficient (Wildman–Crippen LogP) is 3.10. The van der Waals surface area contributed by atoms with Gasteiger partial charge in [0.15, 0.2) is 11.6 Å². The van der Waals surface area contributed by atoms with Crippen molar-refractivity contribution in [3.8, 4) is 5.75 Å². The molecule has 2 aliphatic rings. The third kappa shape index (κ3) is 4.46. The number of hydrogen-bond acceptors (Lipinski definition) is 5. The van der Waals surface area contributed by atoms with E-state index in [9.17, 15) is 9.18 Å². The molecule has 0 saturated carbocycles. The van der Waals surface area contributed by atoms with Crippen LogP contribution in [0.15, 0.2) is 48.5 Å². The molecule has 2 fully saturated rings. The summed E-state index contributed by atoms with van der Waals surface area (Å²) >= 11 is 0. The Labute approximate surface area is 186 Å². The normalized spacial score (nSPS) is 18.8. The Morgan fingerprint density at radius 1 is 0.969 bits per heavy atom. The molecule has 0 aliphatic carbocycles. The van der Waals surface area contributed by atoms with Gasteiger partial charge in [0.2, 0.25) is 5.91 Å². The van der Waals surface area contributed by atoms with Gasteiger partial charge in [-0.05, 0) is 49.9 Å². The second-order valence-corrected chi connectivity index (χ2v) is 8.63. The number of nitrogens with zero attached hydrogens (tertiary/aromatic N) is 5. The molecule has 3 aromatic rings. The number of fused-ring (bicyclic) bond motifs is 1. The number of ether oxygens (including phenoxy) is 1. The number of hydrogen-bond donors (Lipinski definition) is 0. The molecule has 2 aromatic carbocycles. The summed E-state index contributed by atoms with van der Waals surface area (Å²) < 4.78 is 21.4. The minimum Gasteiger partial charge on any atom is -0.487 e. The van der Waals surface area contributed by atoms with Gasteiger partial charge >= 0.3 is 0 Å². The Balaban J connectivity index is 1.09. The third-order valence-electron chi connectivity index (χ3n) is 6.65. The van der Waals surface area contributed by atoms with E-state index in [1.165, 1.54) is 6.07 Å². The molecule has 1 aromatic heterocycles. The zero-order chi connectivity index (χ0) is 21.9. The van der Waals surface area contributed by atoms with E-state index in [4.69, 9.17) is 4.74 Å². The zero-order valence-corrected chi connectivity index (χ0v) is 18.1. The summed E-state index contributed by atoms with van der Waals surface area (Å²) in [6.07, 6.45) is 3.80. The number of benzene rings is 2. The Kier molecular flexibility index (Phi) is 6.03. The van der Waals surface area contributed by atoms with Crippen molar-refractivity contribution in [1.82, 2.24) is 24.8 Å². The van der Waals surface area contributed by atoms with E-state index >= 15 is 0 Å². The number of carbonyl (C=O) groups is 1. The summed E-state index contributed by atoms with van der Waals surface area (Å²) in [5.41, 5.74) is 1.69. The molecule has 0 radical (unpaired) electrons. The number of aromatic nitrogens is 3. The van der Waals surface area contributed by atoms with Crippen LogP contribution in [0.1, 0.15) is 25.7 Å². The molecule has 0 spiro atoms. The fraction of sp³-hybridized carbons (Fsp3) is 0.458. The van der Waals surface area contributed by atoms with Gasteiger partial charge < -0.3 is 9.64 Å². The lowest BCUT2D eigenvalue weighted by Gasteiger charge is -2.41. The first-order valence-corrected chi connectivity index (χ1v) is 11.4. The SMILES string of the molecule is O=C(Cn1nnc2ccccc21)N1CCC(N2CCC(Oc3ccccc3F)CC2)CC1. The van der Waals surface area contributed by atoms with Crippen molar-refractivity contribution in [1.29, 1.82) is 0 Å². The van der Waals surface area contributed by atoms with Crippen molar-refractivity contribution in [2.24, 2.45) is 0 Å². The van der Waals surface area contributed by atoms with E-state index in [0.29, 0.717) is 11.8 Å². The van der Waals surface area contributed by atoms with Gasteiger partial charge in [0.25, 0.3) is 0 Å². The van der Waals surface area contributed by atoms with Crippen molar-refractivity contribution in [2.45, 2.75) is 44.4 Å². The molecule has 2 aliphatic heterocycles. The van der Waals surface area contributed by atoms with Crippen LogP contribution in [0.25, 0.3) is 11.0 Å². The molecule has 8 heteroatoms. The number of rotatable bonds is 5. The van der Waals surface area contributed by atoms with Crippen LogP contribution >= 0.6 is 0 Å². The average Bonchev–Trinajstić information content (AvgIpc) is 3.24. The summed E-state index contributed by atoms with van der Waals surface area (Å²) in [5, 5.41) is 8.27. The van der Waals surface area contributed by atoms with Crippen LogP contribution in [-0.4, -0.2) is 69.0 Å². The fourth-order valence-corrected chi connectivity index (χ4v) is 4.82. The Hall–Kier alpha value is -3.00. The summed E-state index contributed by atoms with van der Waals surface area (Å²) in [6.45, 7) is 3.65. The van der Waals surface area contributed by atoms with Gasteiger partial charge in [-0.2, -0.15) is 0 Å².